The van der Waals surface area contributed by atoms with Crippen molar-refractivity contribution in [1.82, 2.24) is 0 Å². The summed E-state index contributed by atoms with van der Waals surface area (Å²) in [5.41, 5.74) is 2.91. The number of benzene rings is 2. The molecule has 0 radical (unpaired) electrons. The van der Waals surface area contributed by atoms with Crippen LogP contribution in [0.4, 0.5) is 0 Å². The Labute approximate surface area is 111 Å². The van der Waals surface area contributed by atoms with Crippen LogP contribution in [-0.2, 0) is 0 Å². The number of hydrogen-bond donors (Lipinski definition) is 0. The zero-order valence-corrected chi connectivity index (χ0v) is 11.1. The Morgan fingerprint density at radius 1 is 1.06 bits per heavy atom. The lowest BCUT2D eigenvalue weighted by molar-refractivity contribution is 0.405. The molecule has 3 heteroatoms. The molecule has 0 bridgehead atoms. The van der Waals surface area contributed by atoms with Gasteiger partial charge in [0.1, 0.15) is 5.75 Å². The van der Waals surface area contributed by atoms with Crippen LogP contribution >= 0.6 is 11.8 Å². The van der Waals surface area contributed by atoms with Crippen molar-refractivity contribution in [3.63, 3.8) is 0 Å². The van der Waals surface area contributed by atoms with Crippen LogP contribution < -0.4 is 4.74 Å². The molecule has 18 heavy (non-hydrogen) atoms. The van der Waals surface area contributed by atoms with Crippen molar-refractivity contribution in [2.45, 2.75) is 4.90 Å². The van der Waals surface area contributed by atoms with Gasteiger partial charge < -0.3 is 4.74 Å². The standard InChI is InChI=1S/C15H13NOS/c1-17-14-8-7-13(9-15(14)18-2)12-5-3-11(10-16)4-6-12/h3-9H,1-2H3. The monoisotopic (exact) mass is 255 g/mol. The summed E-state index contributed by atoms with van der Waals surface area (Å²) in [5.74, 6) is 0.889. The Bertz CT molecular complexity index is 584. The van der Waals surface area contributed by atoms with Gasteiger partial charge in [0.05, 0.1) is 18.7 Å². The van der Waals surface area contributed by atoms with E-state index in [1.165, 1.54) is 0 Å². The fourth-order valence-electron chi connectivity index (χ4n) is 1.75. The molecule has 0 unspecified atom stereocenters. The Kier molecular flexibility index (Phi) is 3.91. The molecular weight excluding hydrogens is 242 g/mol. The first-order valence-corrected chi connectivity index (χ1v) is 6.73. The molecule has 2 aromatic carbocycles. The number of hydrogen-bond acceptors (Lipinski definition) is 3. The molecule has 0 heterocycles. The molecule has 0 fully saturated rings. The molecule has 90 valence electrons. The smallest absolute Gasteiger partial charge is 0.132 e. The highest BCUT2D eigenvalue weighted by Gasteiger charge is 2.05. The van der Waals surface area contributed by atoms with Gasteiger partial charge in [0.15, 0.2) is 0 Å². The van der Waals surface area contributed by atoms with Crippen LogP contribution in [0.1, 0.15) is 5.56 Å². The van der Waals surface area contributed by atoms with Crippen molar-refractivity contribution in [3.05, 3.63) is 48.0 Å². The van der Waals surface area contributed by atoms with Gasteiger partial charge in [-0.25, -0.2) is 0 Å². The zero-order chi connectivity index (χ0) is 13.0. The molecule has 0 aliphatic heterocycles. The van der Waals surface area contributed by atoms with Crippen LogP contribution in [0.15, 0.2) is 47.4 Å². The van der Waals surface area contributed by atoms with Crippen molar-refractivity contribution in [1.29, 1.82) is 5.26 Å². The fourth-order valence-corrected chi connectivity index (χ4v) is 2.35. The van der Waals surface area contributed by atoms with E-state index in [0.29, 0.717) is 5.56 Å². The van der Waals surface area contributed by atoms with Gasteiger partial charge in [0, 0.05) is 4.90 Å². The Morgan fingerprint density at radius 2 is 1.72 bits per heavy atom. The summed E-state index contributed by atoms with van der Waals surface area (Å²) >= 11 is 1.66. The van der Waals surface area contributed by atoms with Crippen molar-refractivity contribution < 1.29 is 4.74 Å². The van der Waals surface area contributed by atoms with Crippen molar-refractivity contribution in [3.8, 4) is 22.9 Å². The van der Waals surface area contributed by atoms with Crippen LogP contribution in [0, 0.1) is 11.3 Å². The van der Waals surface area contributed by atoms with Gasteiger partial charge in [0.25, 0.3) is 0 Å². The topological polar surface area (TPSA) is 33.0 Å². The third-order valence-electron chi connectivity index (χ3n) is 2.73. The Balaban J connectivity index is 2.41. The van der Waals surface area contributed by atoms with Crippen LogP contribution in [0.2, 0.25) is 0 Å². The van der Waals surface area contributed by atoms with Gasteiger partial charge in [0.2, 0.25) is 0 Å². The van der Waals surface area contributed by atoms with Gasteiger partial charge in [-0.15, -0.1) is 11.8 Å². The van der Waals surface area contributed by atoms with E-state index in [2.05, 4.69) is 12.1 Å². The number of methoxy groups -OCH3 is 1. The van der Waals surface area contributed by atoms with Crippen molar-refractivity contribution in [2.24, 2.45) is 0 Å². The molecule has 0 atom stereocenters. The van der Waals surface area contributed by atoms with Crippen LogP contribution in [0.5, 0.6) is 5.75 Å². The molecule has 0 aromatic heterocycles. The fraction of sp³-hybridized carbons (Fsp3) is 0.133. The number of rotatable bonds is 3. The second-order valence-electron chi connectivity index (χ2n) is 3.76. The first kappa shape index (κ1) is 12.5. The van der Waals surface area contributed by atoms with Crippen LogP contribution in [-0.4, -0.2) is 13.4 Å². The van der Waals surface area contributed by atoms with Gasteiger partial charge in [-0.2, -0.15) is 5.26 Å². The van der Waals surface area contributed by atoms with Gasteiger partial charge in [-0.3, -0.25) is 0 Å². The second kappa shape index (κ2) is 5.61. The van der Waals surface area contributed by atoms with Crippen molar-refractivity contribution in [2.75, 3.05) is 13.4 Å². The molecule has 0 amide bonds. The minimum Gasteiger partial charge on any atom is -0.496 e. The molecule has 0 spiro atoms. The normalized spacial score (nSPS) is 9.83. The quantitative estimate of drug-likeness (QED) is 0.778. The van der Waals surface area contributed by atoms with Gasteiger partial charge >= 0.3 is 0 Å². The average Bonchev–Trinajstić information content (AvgIpc) is 2.46. The predicted octanol–water partition coefficient (Wildman–Crippen LogP) is 3.96. The van der Waals surface area contributed by atoms with E-state index in [0.717, 1.165) is 21.8 Å². The lowest BCUT2D eigenvalue weighted by Gasteiger charge is -2.09. The van der Waals surface area contributed by atoms with E-state index in [1.54, 1.807) is 18.9 Å². The highest BCUT2D eigenvalue weighted by molar-refractivity contribution is 7.98. The first-order valence-electron chi connectivity index (χ1n) is 5.51. The molecular formula is C15H13NOS. The summed E-state index contributed by atoms with van der Waals surface area (Å²) in [6.45, 7) is 0. The summed E-state index contributed by atoms with van der Waals surface area (Å²) in [7, 11) is 1.68. The van der Waals surface area contributed by atoms with E-state index in [-0.39, 0.29) is 0 Å². The Morgan fingerprint density at radius 3 is 2.28 bits per heavy atom. The third kappa shape index (κ3) is 2.49. The highest BCUT2D eigenvalue weighted by atomic mass is 32.2. The van der Waals surface area contributed by atoms with Gasteiger partial charge in [-0.05, 0) is 41.6 Å². The average molecular weight is 255 g/mol. The predicted molar refractivity (Wildman–Crippen MR) is 74.9 cm³/mol. The Hall–Kier alpha value is -1.92. The van der Waals surface area contributed by atoms with E-state index < -0.39 is 0 Å². The van der Waals surface area contributed by atoms with Gasteiger partial charge in [-0.1, -0.05) is 18.2 Å². The molecule has 2 nitrogen and oxygen atoms in total. The third-order valence-corrected chi connectivity index (χ3v) is 3.49. The minimum atomic E-state index is 0.678. The SMILES string of the molecule is COc1ccc(-c2ccc(C#N)cc2)cc1SC. The molecule has 0 saturated heterocycles. The molecule has 0 aliphatic carbocycles. The molecule has 2 aromatic rings. The van der Waals surface area contributed by atoms with E-state index in [1.807, 2.05) is 42.7 Å². The lowest BCUT2D eigenvalue weighted by atomic mass is 10.0. The molecule has 2 rings (SSSR count). The van der Waals surface area contributed by atoms with E-state index in [9.17, 15) is 0 Å². The molecule has 0 N–H and O–H groups in total. The minimum absolute atomic E-state index is 0.678. The molecule has 0 saturated carbocycles. The lowest BCUT2D eigenvalue weighted by Crippen LogP contribution is -1.87. The number of thioether (sulfide) groups is 1. The van der Waals surface area contributed by atoms with E-state index >= 15 is 0 Å². The number of nitrogens with zero attached hydrogens (tertiary/aromatic N) is 1. The maximum atomic E-state index is 8.78. The maximum absolute atomic E-state index is 8.78. The summed E-state index contributed by atoms with van der Waals surface area (Å²) < 4.78 is 5.30. The number of ether oxygens (including phenoxy) is 1. The maximum Gasteiger partial charge on any atom is 0.132 e. The van der Waals surface area contributed by atoms with Crippen molar-refractivity contribution >= 4 is 11.8 Å². The highest BCUT2D eigenvalue weighted by Crippen LogP contribution is 2.32. The largest absolute Gasteiger partial charge is 0.496 e. The zero-order valence-electron chi connectivity index (χ0n) is 10.3. The number of nitriles is 1. The summed E-state index contributed by atoms with van der Waals surface area (Å²) in [5, 5.41) is 8.78. The first-order chi connectivity index (χ1) is 8.78. The second-order valence-corrected chi connectivity index (χ2v) is 4.61. The summed E-state index contributed by atoms with van der Waals surface area (Å²) in [4.78, 5) is 1.11. The van der Waals surface area contributed by atoms with E-state index in [4.69, 9.17) is 10.00 Å². The summed E-state index contributed by atoms with van der Waals surface area (Å²) in [6, 6.07) is 15.8. The molecule has 0 aliphatic rings. The van der Waals surface area contributed by atoms with Crippen LogP contribution in [0.25, 0.3) is 11.1 Å². The summed E-state index contributed by atoms with van der Waals surface area (Å²) in [6.07, 6.45) is 2.03. The van der Waals surface area contributed by atoms with Crippen LogP contribution in [0.3, 0.4) is 0 Å².